The number of hydrogen-bond donors (Lipinski definition) is 2. The van der Waals surface area contributed by atoms with Crippen LogP contribution in [-0.4, -0.2) is 21.4 Å². The van der Waals surface area contributed by atoms with Crippen LogP contribution in [0.3, 0.4) is 0 Å². The van der Waals surface area contributed by atoms with E-state index in [1.165, 1.54) is 24.4 Å². The van der Waals surface area contributed by atoms with Gasteiger partial charge in [-0.1, -0.05) is 0 Å². The van der Waals surface area contributed by atoms with Crippen LogP contribution in [0.2, 0.25) is 0 Å². The van der Waals surface area contributed by atoms with Gasteiger partial charge in [-0.25, -0.2) is 4.98 Å². The third kappa shape index (κ3) is 2.38. The third-order valence-corrected chi connectivity index (χ3v) is 3.00. The van der Waals surface area contributed by atoms with Crippen LogP contribution in [0.5, 0.6) is 0 Å². The number of nitrogens with two attached hydrogens (primary N) is 1. The number of hydrogen-bond acceptors (Lipinski definition) is 5. The molecule has 2 unspecified atom stereocenters. The average Bonchev–Trinajstić information content (AvgIpc) is 2.57. The average molecular weight is 198 g/mol. The molecule has 0 aliphatic heterocycles. The van der Waals surface area contributed by atoms with Gasteiger partial charge in [-0.2, -0.15) is 4.37 Å². The highest BCUT2D eigenvalue weighted by Gasteiger charge is 2.19. The van der Waals surface area contributed by atoms with Crippen LogP contribution in [0, 0.1) is 0 Å². The molecule has 0 bridgehead atoms. The minimum absolute atomic E-state index is 0.360. The van der Waals surface area contributed by atoms with Crippen LogP contribution >= 0.6 is 11.5 Å². The number of nitrogens with one attached hydrogen (secondary N) is 1. The van der Waals surface area contributed by atoms with Crippen molar-refractivity contribution in [3.05, 3.63) is 6.33 Å². The Kier molecular flexibility index (Phi) is 2.75. The van der Waals surface area contributed by atoms with Gasteiger partial charge in [0.1, 0.15) is 6.33 Å². The number of aromatic nitrogens is 2. The van der Waals surface area contributed by atoms with Gasteiger partial charge in [0.05, 0.1) is 0 Å². The molecule has 0 aromatic carbocycles. The molecule has 4 nitrogen and oxygen atoms in total. The SMILES string of the molecule is NC1CCCC(Nc2ncns2)C1. The summed E-state index contributed by atoms with van der Waals surface area (Å²) in [5.41, 5.74) is 5.88. The fourth-order valence-corrected chi connectivity index (χ4v) is 2.28. The van der Waals surface area contributed by atoms with Crippen LogP contribution in [-0.2, 0) is 0 Å². The number of rotatable bonds is 2. The molecular weight excluding hydrogens is 184 g/mol. The van der Waals surface area contributed by atoms with Gasteiger partial charge in [-0.05, 0) is 25.7 Å². The lowest BCUT2D eigenvalue weighted by atomic mass is 9.92. The second-order valence-corrected chi connectivity index (χ2v) is 4.29. The fourth-order valence-electron chi connectivity index (χ4n) is 1.77. The molecule has 1 saturated carbocycles. The molecule has 1 aliphatic rings. The van der Waals surface area contributed by atoms with E-state index < -0.39 is 0 Å². The normalized spacial score (nSPS) is 28.7. The zero-order valence-corrected chi connectivity index (χ0v) is 8.26. The van der Waals surface area contributed by atoms with Crippen LogP contribution in [0.1, 0.15) is 25.7 Å². The lowest BCUT2D eigenvalue weighted by Crippen LogP contribution is -2.34. The molecule has 3 N–H and O–H groups in total. The van der Waals surface area contributed by atoms with Gasteiger partial charge in [0.25, 0.3) is 0 Å². The molecule has 2 atom stereocenters. The smallest absolute Gasteiger partial charge is 0.202 e. The summed E-state index contributed by atoms with van der Waals surface area (Å²) in [6, 6.07) is 0.857. The Bertz CT molecular complexity index is 249. The summed E-state index contributed by atoms with van der Waals surface area (Å²) in [5, 5.41) is 4.27. The monoisotopic (exact) mass is 198 g/mol. The van der Waals surface area contributed by atoms with Crippen LogP contribution in [0.4, 0.5) is 5.13 Å². The second-order valence-electron chi connectivity index (χ2n) is 3.51. The van der Waals surface area contributed by atoms with Crippen molar-refractivity contribution in [1.29, 1.82) is 0 Å². The Morgan fingerprint density at radius 1 is 1.54 bits per heavy atom. The second kappa shape index (κ2) is 4.02. The van der Waals surface area contributed by atoms with Crippen molar-refractivity contribution in [2.75, 3.05) is 5.32 Å². The van der Waals surface area contributed by atoms with E-state index in [1.54, 1.807) is 6.33 Å². The zero-order valence-electron chi connectivity index (χ0n) is 7.44. The molecule has 1 aromatic heterocycles. The predicted molar refractivity (Wildman–Crippen MR) is 53.8 cm³/mol. The van der Waals surface area contributed by atoms with Gasteiger partial charge >= 0.3 is 0 Å². The van der Waals surface area contributed by atoms with E-state index in [9.17, 15) is 0 Å². The minimum Gasteiger partial charge on any atom is -0.358 e. The summed E-state index contributed by atoms with van der Waals surface area (Å²) in [6.07, 6.45) is 6.22. The first-order valence-electron chi connectivity index (χ1n) is 4.63. The van der Waals surface area contributed by atoms with Crippen molar-refractivity contribution in [3.63, 3.8) is 0 Å². The Labute approximate surface area is 81.7 Å². The van der Waals surface area contributed by atoms with Gasteiger partial charge < -0.3 is 11.1 Å². The lowest BCUT2D eigenvalue weighted by molar-refractivity contribution is 0.409. The van der Waals surface area contributed by atoms with Gasteiger partial charge in [0.15, 0.2) is 0 Å². The highest BCUT2D eigenvalue weighted by atomic mass is 32.1. The topological polar surface area (TPSA) is 63.8 Å². The lowest BCUT2D eigenvalue weighted by Gasteiger charge is -2.26. The fraction of sp³-hybridized carbons (Fsp3) is 0.750. The van der Waals surface area contributed by atoms with Crippen molar-refractivity contribution in [2.24, 2.45) is 5.73 Å². The first kappa shape index (κ1) is 8.90. The van der Waals surface area contributed by atoms with E-state index in [-0.39, 0.29) is 0 Å². The Morgan fingerprint density at radius 3 is 3.15 bits per heavy atom. The van der Waals surface area contributed by atoms with E-state index in [0.717, 1.165) is 18.0 Å². The third-order valence-electron chi connectivity index (χ3n) is 2.40. The van der Waals surface area contributed by atoms with E-state index in [0.29, 0.717) is 12.1 Å². The molecule has 13 heavy (non-hydrogen) atoms. The molecule has 1 aliphatic carbocycles. The van der Waals surface area contributed by atoms with E-state index in [1.807, 2.05) is 0 Å². The van der Waals surface area contributed by atoms with Gasteiger partial charge in [-0.3, -0.25) is 0 Å². The molecule has 0 saturated heterocycles. The molecule has 0 amide bonds. The highest BCUT2D eigenvalue weighted by Crippen LogP contribution is 2.21. The standard InChI is InChI=1S/C8H14N4S/c9-6-2-1-3-7(4-6)12-8-10-5-11-13-8/h5-7H,1-4,9H2,(H,10,11,12). The van der Waals surface area contributed by atoms with E-state index >= 15 is 0 Å². The maximum absolute atomic E-state index is 5.88. The number of nitrogens with zero attached hydrogens (tertiary/aromatic N) is 2. The highest BCUT2D eigenvalue weighted by molar-refractivity contribution is 7.09. The van der Waals surface area contributed by atoms with Crippen molar-refractivity contribution < 1.29 is 0 Å². The van der Waals surface area contributed by atoms with Gasteiger partial charge in [-0.15, -0.1) is 0 Å². The molecule has 1 aromatic rings. The molecular formula is C8H14N4S. The van der Waals surface area contributed by atoms with Gasteiger partial charge in [0, 0.05) is 23.6 Å². The molecule has 1 heterocycles. The van der Waals surface area contributed by atoms with E-state index in [2.05, 4.69) is 14.7 Å². The first-order chi connectivity index (χ1) is 6.34. The van der Waals surface area contributed by atoms with Crippen LogP contribution in [0.15, 0.2) is 6.33 Å². The van der Waals surface area contributed by atoms with Crippen molar-refractivity contribution in [2.45, 2.75) is 37.8 Å². The predicted octanol–water partition coefficient (Wildman–Crippen LogP) is 1.22. The Morgan fingerprint density at radius 2 is 2.46 bits per heavy atom. The van der Waals surface area contributed by atoms with Crippen molar-refractivity contribution in [3.8, 4) is 0 Å². The minimum atomic E-state index is 0.360. The summed E-state index contributed by atoms with van der Waals surface area (Å²) < 4.78 is 3.94. The van der Waals surface area contributed by atoms with Crippen molar-refractivity contribution >= 4 is 16.7 Å². The Balaban J connectivity index is 1.87. The molecule has 2 rings (SSSR count). The van der Waals surface area contributed by atoms with Crippen LogP contribution < -0.4 is 11.1 Å². The molecule has 72 valence electrons. The number of anilines is 1. The van der Waals surface area contributed by atoms with Crippen molar-refractivity contribution in [1.82, 2.24) is 9.36 Å². The summed E-state index contributed by atoms with van der Waals surface area (Å²) in [7, 11) is 0. The first-order valence-corrected chi connectivity index (χ1v) is 5.41. The molecule has 5 heteroatoms. The quantitative estimate of drug-likeness (QED) is 0.750. The molecule has 0 spiro atoms. The summed E-state index contributed by atoms with van der Waals surface area (Å²) >= 11 is 1.40. The summed E-state index contributed by atoms with van der Waals surface area (Å²) in [5.74, 6) is 0. The van der Waals surface area contributed by atoms with E-state index in [4.69, 9.17) is 5.73 Å². The summed E-state index contributed by atoms with van der Waals surface area (Å²) in [6.45, 7) is 0. The summed E-state index contributed by atoms with van der Waals surface area (Å²) in [4.78, 5) is 4.09. The maximum Gasteiger partial charge on any atom is 0.202 e. The zero-order chi connectivity index (χ0) is 9.10. The van der Waals surface area contributed by atoms with Crippen LogP contribution in [0.25, 0.3) is 0 Å². The Hall–Kier alpha value is -0.680. The maximum atomic E-state index is 5.88. The largest absolute Gasteiger partial charge is 0.358 e. The van der Waals surface area contributed by atoms with Gasteiger partial charge in [0.2, 0.25) is 5.13 Å². The molecule has 1 fully saturated rings. The molecule has 0 radical (unpaired) electrons.